The second-order valence-corrected chi connectivity index (χ2v) is 2.21. The minimum Gasteiger partial charge on any atom is -0.487 e. The first-order valence-electron chi connectivity index (χ1n) is 4.85. The second kappa shape index (κ2) is 12.7. The first kappa shape index (κ1) is 16.2. The van der Waals surface area contributed by atoms with E-state index in [1.165, 1.54) is 0 Å². The van der Waals surface area contributed by atoms with Crippen LogP contribution in [0.25, 0.3) is 0 Å². The Hall–Kier alpha value is -1.29. The van der Waals surface area contributed by atoms with Gasteiger partial charge in [0.1, 0.15) is 0 Å². The molecule has 0 aromatic carbocycles. The molecule has 0 radical (unpaired) electrons. The van der Waals surface area contributed by atoms with E-state index in [-0.39, 0.29) is 5.76 Å². The lowest BCUT2D eigenvalue weighted by Crippen LogP contribution is -2.05. The Morgan fingerprint density at radius 1 is 1.20 bits per heavy atom. The van der Waals surface area contributed by atoms with E-state index in [0.29, 0.717) is 6.61 Å². The molecule has 0 aromatic rings. The molecule has 0 saturated heterocycles. The SMILES string of the molecule is C=COC(=O)C(=C)OCC.CCOCC. The van der Waals surface area contributed by atoms with Crippen molar-refractivity contribution in [2.75, 3.05) is 19.8 Å². The maximum atomic E-state index is 10.6. The van der Waals surface area contributed by atoms with E-state index in [0.717, 1.165) is 19.5 Å². The highest BCUT2D eigenvalue weighted by atomic mass is 16.6. The third-order valence-corrected chi connectivity index (χ3v) is 1.14. The molecular weight excluding hydrogens is 196 g/mol. The lowest BCUT2D eigenvalue weighted by Gasteiger charge is -2.02. The maximum Gasteiger partial charge on any atom is 0.377 e. The zero-order valence-electron chi connectivity index (χ0n) is 9.75. The van der Waals surface area contributed by atoms with Gasteiger partial charge in [0.2, 0.25) is 0 Å². The Morgan fingerprint density at radius 3 is 2.00 bits per heavy atom. The van der Waals surface area contributed by atoms with Crippen LogP contribution in [0.1, 0.15) is 20.8 Å². The molecule has 0 heterocycles. The molecule has 0 saturated carbocycles. The van der Waals surface area contributed by atoms with Gasteiger partial charge in [0.15, 0.2) is 5.76 Å². The van der Waals surface area contributed by atoms with Crippen LogP contribution in [0.2, 0.25) is 0 Å². The highest BCUT2D eigenvalue weighted by Gasteiger charge is 2.05. The number of hydrogen-bond donors (Lipinski definition) is 0. The Balaban J connectivity index is 0. The molecule has 0 spiro atoms. The quantitative estimate of drug-likeness (QED) is 0.388. The Labute approximate surface area is 91.5 Å². The van der Waals surface area contributed by atoms with Crippen molar-refractivity contribution in [2.24, 2.45) is 0 Å². The molecule has 0 aliphatic carbocycles. The van der Waals surface area contributed by atoms with Crippen LogP contribution in [0.15, 0.2) is 25.2 Å². The standard InChI is InChI=1S/C7H10O3.C4H10O/c1-4-9-6(3)7(8)10-5-2;1-3-5-4-2/h5H,2-4H2,1H3;3-4H2,1-2H3. The molecule has 0 aliphatic heterocycles. The fourth-order valence-corrected chi connectivity index (χ4v) is 0.579. The molecule has 0 fully saturated rings. The van der Waals surface area contributed by atoms with Crippen LogP contribution in [-0.2, 0) is 19.0 Å². The van der Waals surface area contributed by atoms with Crippen LogP contribution >= 0.6 is 0 Å². The van der Waals surface area contributed by atoms with Crippen molar-refractivity contribution in [2.45, 2.75) is 20.8 Å². The van der Waals surface area contributed by atoms with Gasteiger partial charge in [-0.15, -0.1) is 0 Å². The fourth-order valence-electron chi connectivity index (χ4n) is 0.579. The Bertz CT molecular complexity index is 185. The lowest BCUT2D eigenvalue weighted by molar-refractivity contribution is -0.137. The highest BCUT2D eigenvalue weighted by molar-refractivity contribution is 5.85. The van der Waals surface area contributed by atoms with Gasteiger partial charge in [-0.3, -0.25) is 0 Å². The summed E-state index contributed by atoms with van der Waals surface area (Å²) in [5.74, 6) is -0.598. The number of esters is 1. The van der Waals surface area contributed by atoms with Gasteiger partial charge in [-0.05, 0) is 27.4 Å². The van der Waals surface area contributed by atoms with Gasteiger partial charge in [-0.25, -0.2) is 4.79 Å². The van der Waals surface area contributed by atoms with Gasteiger partial charge in [-0.1, -0.05) is 6.58 Å². The molecule has 4 heteroatoms. The largest absolute Gasteiger partial charge is 0.487 e. The van der Waals surface area contributed by atoms with Crippen molar-refractivity contribution in [3.63, 3.8) is 0 Å². The summed E-state index contributed by atoms with van der Waals surface area (Å²) in [5.41, 5.74) is 0. The van der Waals surface area contributed by atoms with Crippen molar-refractivity contribution in [1.29, 1.82) is 0 Å². The topological polar surface area (TPSA) is 44.8 Å². The second-order valence-electron chi connectivity index (χ2n) is 2.21. The monoisotopic (exact) mass is 216 g/mol. The summed E-state index contributed by atoms with van der Waals surface area (Å²) in [7, 11) is 0. The Morgan fingerprint density at radius 2 is 1.73 bits per heavy atom. The highest BCUT2D eigenvalue weighted by Crippen LogP contribution is 1.95. The smallest absolute Gasteiger partial charge is 0.377 e. The molecule has 15 heavy (non-hydrogen) atoms. The van der Waals surface area contributed by atoms with E-state index in [2.05, 4.69) is 17.9 Å². The molecule has 4 nitrogen and oxygen atoms in total. The molecule has 0 unspecified atom stereocenters. The van der Waals surface area contributed by atoms with Crippen molar-refractivity contribution >= 4 is 5.97 Å². The van der Waals surface area contributed by atoms with E-state index in [9.17, 15) is 4.79 Å². The number of carbonyl (C=O) groups is 1. The van der Waals surface area contributed by atoms with Crippen molar-refractivity contribution in [1.82, 2.24) is 0 Å². The number of rotatable bonds is 6. The van der Waals surface area contributed by atoms with E-state index in [4.69, 9.17) is 9.47 Å². The number of carbonyl (C=O) groups excluding carboxylic acids is 1. The molecule has 0 rings (SSSR count). The van der Waals surface area contributed by atoms with E-state index < -0.39 is 5.97 Å². The van der Waals surface area contributed by atoms with Crippen LogP contribution in [0.4, 0.5) is 0 Å². The summed E-state index contributed by atoms with van der Waals surface area (Å²) >= 11 is 0. The Kier molecular flexibility index (Phi) is 13.7. The first-order chi connectivity index (χ1) is 7.13. The summed E-state index contributed by atoms with van der Waals surface area (Å²) in [6.45, 7) is 14.4. The summed E-state index contributed by atoms with van der Waals surface area (Å²) in [6, 6.07) is 0. The average molecular weight is 216 g/mol. The lowest BCUT2D eigenvalue weighted by atomic mass is 10.6. The zero-order chi connectivity index (χ0) is 12.1. The van der Waals surface area contributed by atoms with Crippen LogP contribution in [0.3, 0.4) is 0 Å². The van der Waals surface area contributed by atoms with Gasteiger partial charge in [0, 0.05) is 13.2 Å². The van der Waals surface area contributed by atoms with Gasteiger partial charge in [0.25, 0.3) is 0 Å². The minimum absolute atomic E-state index is 0.00222. The minimum atomic E-state index is -0.600. The van der Waals surface area contributed by atoms with Crippen LogP contribution in [0.5, 0.6) is 0 Å². The predicted molar refractivity (Wildman–Crippen MR) is 59.2 cm³/mol. The van der Waals surface area contributed by atoms with Crippen molar-refractivity contribution in [3.05, 3.63) is 25.2 Å². The maximum absolute atomic E-state index is 10.6. The molecule has 0 aromatic heterocycles. The van der Waals surface area contributed by atoms with Crippen LogP contribution in [-0.4, -0.2) is 25.8 Å². The molecule has 0 bridgehead atoms. The zero-order valence-corrected chi connectivity index (χ0v) is 9.75. The van der Waals surface area contributed by atoms with Gasteiger partial charge in [0.05, 0.1) is 12.9 Å². The summed E-state index contributed by atoms with van der Waals surface area (Å²) in [5, 5.41) is 0. The normalized spacial score (nSPS) is 8.20. The van der Waals surface area contributed by atoms with E-state index in [1.807, 2.05) is 13.8 Å². The predicted octanol–water partition coefficient (Wildman–Crippen LogP) is 2.27. The van der Waals surface area contributed by atoms with Gasteiger partial charge < -0.3 is 14.2 Å². The molecular formula is C11H20O4. The summed E-state index contributed by atoms with van der Waals surface area (Å²) in [6.07, 6.45) is 1.03. The molecule has 88 valence electrons. The summed E-state index contributed by atoms with van der Waals surface area (Å²) < 4.78 is 13.9. The average Bonchev–Trinajstić information content (AvgIpc) is 2.20. The number of ether oxygens (including phenoxy) is 3. The molecule has 0 atom stereocenters. The van der Waals surface area contributed by atoms with Crippen LogP contribution < -0.4 is 0 Å². The molecule has 0 N–H and O–H groups in total. The molecule has 0 aliphatic rings. The van der Waals surface area contributed by atoms with Crippen molar-refractivity contribution < 1.29 is 19.0 Å². The van der Waals surface area contributed by atoms with Crippen LogP contribution in [0, 0.1) is 0 Å². The molecule has 0 amide bonds. The van der Waals surface area contributed by atoms with E-state index in [1.54, 1.807) is 6.92 Å². The van der Waals surface area contributed by atoms with Crippen molar-refractivity contribution in [3.8, 4) is 0 Å². The number of hydrogen-bond acceptors (Lipinski definition) is 4. The first-order valence-corrected chi connectivity index (χ1v) is 4.85. The van der Waals surface area contributed by atoms with Gasteiger partial charge >= 0.3 is 5.97 Å². The third kappa shape index (κ3) is 12.7. The van der Waals surface area contributed by atoms with E-state index >= 15 is 0 Å². The fraction of sp³-hybridized carbons (Fsp3) is 0.545. The summed E-state index contributed by atoms with van der Waals surface area (Å²) in [4.78, 5) is 10.6. The third-order valence-electron chi connectivity index (χ3n) is 1.14. The van der Waals surface area contributed by atoms with Gasteiger partial charge in [-0.2, -0.15) is 0 Å².